The van der Waals surface area contributed by atoms with Crippen LogP contribution in [-0.4, -0.2) is 17.9 Å². The minimum Gasteiger partial charge on any atom is -0.481 e. The zero-order valence-electron chi connectivity index (χ0n) is 14.9. The highest BCUT2D eigenvalue weighted by Crippen LogP contribution is 2.22. The van der Waals surface area contributed by atoms with E-state index in [1.807, 2.05) is 54.6 Å². The van der Waals surface area contributed by atoms with Crippen molar-refractivity contribution in [1.82, 2.24) is 0 Å². The monoisotopic (exact) mass is 360 g/mol. The van der Waals surface area contributed by atoms with E-state index in [-0.39, 0.29) is 5.91 Å². The number of carbonyl (C=O) groups is 2. The zero-order valence-corrected chi connectivity index (χ0v) is 14.9. The molecular formula is C22H20N2O3. The fourth-order valence-electron chi connectivity index (χ4n) is 2.58. The molecule has 0 aliphatic heterocycles. The summed E-state index contributed by atoms with van der Waals surface area (Å²) in [5, 5.41) is 2.75. The first kappa shape index (κ1) is 18.2. The van der Waals surface area contributed by atoms with Gasteiger partial charge >= 0.3 is 0 Å². The van der Waals surface area contributed by atoms with Crippen molar-refractivity contribution in [3.63, 3.8) is 0 Å². The SMILES string of the molecule is CC(Oc1ccc(-c2ccccc2)cc1)C(=O)Nc1ccc(C(N)=O)cc1. The molecular weight excluding hydrogens is 340 g/mol. The standard InChI is InChI=1S/C22H20N2O3/c1-15(22(26)24-19-11-7-18(8-12-19)21(23)25)27-20-13-9-17(10-14-20)16-5-3-2-4-6-16/h2-15H,1H3,(H2,23,25)(H,24,26). The van der Waals surface area contributed by atoms with E-state index in [0.717, 1.165) is 11.1 Å². The number of hydrogen-bond acceptors (Lipinski definition) is 3. The molecule has 0 spiro atoms. The first-order valence-corrected chi connectivity index (χ1v) is 8.56. The quantitative estimate of drug-likeness (QED) is 0.700. The van der Waals surface area contributed by atoms with Gasteiger partial charge in [0.05, 0.1) is 0 Å². The molecule has 2 amide bonds. The molecule has 3 rings (SSSR count). The summed E-state index contributed by atoms with van der Waals surface area (Å²) in [6.07, 6.45) is -0.677. The van der Waals surface area contributed by atoms with Gasteiger partial charge < -0.3 is 15.8 Å². The van der Waals surface area contributed by atoms with Crippen LogP contribution in [0, 0.1) is 0 Å². The Bertz CT molecular complexity index is 920. The van der Waals surface area contributed by atoms with Crippen LogP contribution in [0.2, 0.25) is 0 Å². The molecule has 0 aliphatic carbocycles. The van der Waals surface area contributed by atoms with Crippen LogP contribution in [0.4, 0.5) is 5.69 Å². The third-order valence-electron chi connectivity index (χ3n) is 4.08. The Kier molecular flexibility index (Phi) is 5.52. The van der Waals surface area contributed by atoms with Crippen molar-refractivity contribution in [1.29, 1.82) is 0 Å². The zero-order chi connectivity index (χ0) is 19.2. The van der Waals surface area contributed by atoms with Gasteiger partial charge in [0.2, 0.25) is 5.91 Å². The largest absolute Gasteiger partial charge is 0.481 e. The van der Waals surface area contributed by atoms with Gasteiger partial charge in [0.15, 0.2) is 6.10 Å². The van der Waals surface area contributed by atoms with Crippen LogP contribution in [0.1, 0.15) is 17.3 Å². The second kappa shape index (κ2) is 8.19. The lowest BCUT2D eigenvalue weighted by molar-refractivity contribution is -0.122. The van der Waals surface area contributed by atoms with Crippen LogP contribution in [-0.2, 0) is 4.79 Å². The smallest absolute Gasteiger partial charge is 0.265 e. The van der Waals surface area contributed by atoms with Crippen molar-refractivity contribution in [2.24, 2.45) is 5.73 Å². The van der Waals surface area contributed by atoms with E-state index in [1.54, 1.807) is 31.2 Å². The molecule has 0 saturated heterocycles. The van der Waals surface area contributed by atoms with E-state index < -0.39 is 12.0 Å². The second-order valence-corrected chi connectivity index (χ2v) is 6.08. The van der Waals surface area contributed by atoms with E-state index in [9.17, 15) is 9.59 Å². The summed E-state index contributed by atoms with van der Waals surface area (Å²) in [6.45, 7) is 1.68. The summed E-state index contributed by atoms with van der Waals surface area (Å²) in [5.74, 6) is -0.182. The maximum atomic E-state index is 12.3. The Morgan fingerprint density at radius 2 is 1.44 bits per heavy atom. The molecule has 0 heterocycles. The van der Waals surface area contributed by atoms with Crippen LogP contribution in [0.3, 0.4) is 0 Å². The molecule has 27 heavy (non-hydrogen) atoms. The number of primary amides is 1. The van der Waals surface area contributed by atoms with Gasteiger partial charge in [0, 0.05) is 11.3 Å². The number of rotatable bonds is 6. The van der Waals surface area contributed by atoms with Crippen LogP contribution in [0.5, 0.6) is 5.75 Å². The van der Waals surface area contributed by atoms with Gasteiger partial charge in [0.25, 0.3) is 5.91 Å². The lowest BCUT2D eigenvalue weighted by Crippen LogP contribution is -2.30. The van der Waals surface area contributed by atoms with Crippen LogP contribution >= 0.6 is 0 Å². The molecule has 0 fully saturated rings. The molecule has 0 aliphatic rings. The number of anilines is 1. The average Bonchev–Trinajstić information content (AvgIpc) is 2.69. The van der Waals surface area contributed by atoms with Gasteiger partial charge in [-0.25, -0.2) is 0 Å². The molecule has 0 aromatic heterocycles. The predicted octanol–water partition coefficient (Wildman–Crippen LogP) is 3.86. The highest BCUT2D eigenvalue weighted by Gasteiger charge is 2.15. The van der Waals surface area contributed by atoms with Gasteiger partial charge in [0.1, 0.15) is 5.75 Å². The molecule has 0 bridgehead atoms. The molecule has 3 aromatic rings. The number of amides is 2. The summed E-state index contributed by atoms with van der Waals surface area (Å²) >= 11 is 0. The Labute approximate surface area is 157 Å². The van der Waals surface area contributed by atoms with Gasteiger partial charge in [-0.3, -0.25) is 9.59 Å². The predicted molar refractivity (Wildman–Crippen MR) is 106 cm³/mol. The van der Waals surface area contributed by atoms with Gasteiger partial charge in [-0.2, -0.15) is 0 Å². The van der Waals surface area contributed by atoms with Crippen molar-refractivity contribution in [3.8, 4) is 16.9 Å². The van der Waals surface area contributed by atoms with Crippen LogP contribution in [0.25, 0.3) is 11.1 Å². The summed E-state index contributed by atoms with van der Waals surface area (Å²) in [4.78, 5) is 23.4. The van der Waals surface area contributed by atoms with Crippen molar-refractivity contribution in [2.75, 3.05) is 5.32 Å². The highest BCUT2D eigenvalue weighted by atomic mass is 16.5. The highest BCUT2D eigenvalue weighted by molar-refractivity contribution is 5.96. The van der Waals surface area contributed by atoms with Gasteiger partial charge in [-0.1, -0.05) is 42.5 Å². The van der Waals surface area contributed by atoms with Gasteiger partial charge in [-0.15, -0.1) is 0 Å². The number of ether oxygens (including phenoxy) is 1. The lowest BCUT2D eigenvalue weighted by atomic mass is 10.1. The fourth-order valence-corrected chi connectivity index (χ4v) is 2.58. The maximum absolute atomic E-state index is 12.3. The molecule has 3 aromatic carbocycles. The Morgan fingerprint density at radius 1 is 0.852 bits per heavy atom. The first-order valence-electron chi connectivity index (χ1n) is 8.56. The first-order chi connectivity index (χ1) is 13.0. The average molecular weight is 360 g/mol. The van der Waals surface area contributed by atoms with Gasteiger partial charge in [-0.05, 0) is 54.4 Å². The number of hydrogen-bond donors (Lipinski definition) is 2. The molecule has 1 unspecified atom stereocenters. The minimum absolute atomic E-state index is 0.283. The number of benzene rings is 3. The van der Waals surface area contributed by atoms with Crippen molar-refractivity contribution < 1.29 is 14.3 Å². The minimum atomic E-state index is -0.677. The van der Waals surface area contributed by atoms with Crippen LogP contribution in [0.15, 0.2) is 78.9 Å². The topological polar surface area (TPSA) is 81.4 Å². The van der Waals surface area contributed by atoms with E-state index in [4.69, 9.17) is 10.5 Å². The molecule has 5 heteroatoms. The van der Waals surface area contributed by atoms with Crippen molar-refractivity contribution >= 4 is 17.5 Å². The molecule has 5 nitrogen and oxygen atoms in total. The third kappa shape index (κ3) is 4.73. The summed E-state index contributed by atoms with van der Waals surface area (Å²) < 4.78 is 5.72. The normalized spacial score (nSPS) is 11.4. The van der Waals surface area contributed by atoms with E-state index in [0.29, 0.717) is 17.0 Å². The Morgan fingerprint density at radius 3 is 2.04 bits per heavy atom. The Hall–Kier alpha value is -3.60. The fraction of sp³-hybridized carbons (Fsp3) is 0.0909. The molecule has 1 atom stereocenters. The number of carbonyl (C=O) groups excluding carboxylic acids is 2. The number of nitrogens with one attached hydrogen (secondary N) is 1. The van der Waals surface area contributed by atoms with Crippen molar-refractivity contribution in [3.05, 3.63) is 84.4 Å². The van der Waals surface area contributed by atoms with E-state index in [2.05, 4.69) is 5.32 Å². The lowest BCUT2D eigenvalue weighted by Gasteiger charge is -2.15. The Balaban J connectivity index is 1.60. The molecule has 3 N–H and O–H groups in total. The molecule has 0 radical (unpaired) electrons. The summed E-state index contributed by atoms with van der Waals surface area (Å²) in [7, 11) is 0. The summed E-state index contributed by atoms with van der Waals surface area (Å²) in [5.41, 5.74) is 8.35. The molecule has 136 valence electrons. The second-order valence-electron chi connectivity index (χ2n) is 6.08. The third-order valence-corrected chi connectivity index (χ3v) is 4.08. The van der Waals surface area contributed by atoms with E-state index >= 15 is 0 Å². The maximum Gasteiger partial charge on any atom is 0.265 e. The number of nitrogens with two attached hydrogens (primary N) is 1. The summed E-state index contributed by atoms with van der Waals surface area (Å²) in [6, 6.07) is 24.0. The molecule has 0 saturated carbocycles. The van der Waals surface area contributed by atoms with Crippen molar-refractivity contribution in [2.45, 2.75) is 13.0 Å². The van der Waals surface area contributed by atoms with Crippen LogP contribution < -0.4 is 15.8 Å². The van der Waals surface area contributed by atoms with E-state index in [1.165, 1.54) is 0 Å².